The quantitative estimate of drug-likeness (QED) is 0.639. The first kappa shape index (κ1) is 17.4. The standard InChI is InChI=1S/C16H32N2O2/c1-5-14-10-9-13(3)18(14)12-8-7-11-16(4,15(19)20)17-6-2/h13-14,17H,5-12H2,1-4H3,(H,19,20). The highest BCUT2D eigenvalue weighted by molar-refractivity contribution is 5.78. The van der Waals surface area contributed by atoms with Crippen LogP contribution in [0.2, 0.25) is 0 Å². The molecule has 0 bridgehead atoms. The summed E-state index contributed by atoms with van der Waals surface area (Å²) in [5.41, 5.74) is -0.768. The van der Waals surface area contributed by atoms with E-state index in [4.69, 9.17) is 0 Å². The van der Waals surface area contributed by atoms with Crippen molar-refractivity contribution in [2.45, 2.75) is 83.8 Å². The second-order valence-corrected chi connectivity index (χ2v) is 6.35. The Morgan fingerprint density at radius 3 is 2.60 bits per heavy atom. The topological polar surface area (TPSA) is 52.6 Å². The van der Waals surface area contributed by atoms with Gasteiger partial charge < -0.3 is 10.4 Å². The lowest BCUT2D eigenvalue weighted by Gasteiger charge is -2.29. The van der Waals surface area contributed by atoms with Crippen LogP contribution in [0, 0.1) is 0 Å². The lowest BCUT2D eigenvalue weighted by molar-refractivity contribution is -0.144. The van der Waals surface area contributed by atoms with Gasteiger partial charge in [0.05, 0.1) is 0 Å². The van der Waals surface area contributed by atoms with Crippen LogP contribution >= 0.6 is 0 Å². The van der Waals surface area contributed by atoms with Crippen LogP contribution in [0.4, 0.5) is 0 Å². The normalized spacial score (nSPS) is 26.6. The average Bonchev–Trinajstić information content (AvgIpc) is 2.75. The number of likely N-dealkylation sites (N-methyl/N-ethyl adjacent to an activating group) is 1. The van der Waals surface area contributed by atoms with E-state index in [1.54, 1.807) is 6.92 Å². The van der Waals surface area contributed by atoms with E-state index in [1.165, 1.54) is 19.3 Å². The Morgan fingerprint density at radius 1 is 1.35 bits per heavy atom. The van der Waals surface area contributed by atoms with Gasteiger partial charge in [-0.15, -0.1) is 0 Å². The lowest BCUT2D eigenvalue weighted by atomic mass is 9.94. The van der Waals surface area contributed by atoms with Crippen LogP contribution in [-0.4, -0.2) is 46.7 Å². The molecule has 0 aromatic carbocycles. The molecule has 0 amide bonds. The summed E-state index contributed by atoms with van der Waals surface area (Å²) in [5, 5.41) is 12.4. The predicted molar refractivity (Wildman–Crippen MR) is 83.0 cm³/mol. The fourth-order valence-electron chi connectivity index (χ4n) is 3.40. The van der Waals surface area contributed by atoms with Gasteiger partial charge >= 0.3 is 5.97 Å². The van der Waals surface area contributed by atoms with Gasteiger partial charge in [0, 0.05) is 12.1 Å². The SMILES string of the molecule is CCNC(C)(CCCCN1C(C)CCC1CC)C(=O)O. The van der Waals surface area contributed by atoms with E-state index < -0.39 is 11.5 Å². The van der Waals surface area contributed by atoms with E-state index in [0.717, 1.165) is 25.4 Å². The molecule has 1 rings (SSSR count). The maximum Gasteiger partial charge on any atom is 0.323 e. The number of nitrogens with one attached hydrogen (secondary N) is 1. The second-order valence-electron chi connectivity index (χ2n) is 6.35. The van der Waals surface area contributed by atoms with E-state index in [2.05, 4.69) is 24.1 Å². The summed E-state index contributed by atoms with van der Waals surface area (Å²) in [5.74, 6) is -0.736. The maximum absolute atomic E-state index is 11.3. The first-order valence-corrected chi connectivity index (χ1v) is 8.18. The van der Waals surface area contributed by atoms with Crippen LogP contribution < -0.4 is 5.32 Å². The van der Waals surface area contributed by atoms with Gasteiger partial charge in [-0.3, -0.25) is 9.69 Å². The van der Waals surface area contributed by atoms with E-state index in [0.29, 0.717) is 19.0 Å². The van der Waals surface area contributed by atoms with Gasteiger partial charge in [0.2, 0.25) is 0 Å². The lowest BCUT2D eigenvalue weighted by Crippen LogP contribution is -2.49. The van der Waals surface area contributed by atoms with Crippen LogP contribution in [0.3, 0.4) is 0 Å². The van der Waals surface area contributed by atoms with Crippen molar-refractivity contribution >= 4 is 5.97 Å². The number of carboxylic acids is 1. The molecular weight excluding hydrogens is 252 g/mol. The maximum atomic E-state index is 11.3. The van der Waals surface area contributed by atoms with Crippen LogP contribution in [0.5, 0.6) is 0 Å². The minimum absolute atomic E-state index is 0.694. The molecule has 3 unspecified atom stereocenters. The van der Waals surface area contributed by atoms with E-state index >= 15 is 0 Å². The van der Waals surface area contributed by atoms with E-state index in [1.807, 2.05) is 6.92 Å². The van der Waals surface area contributed by atoms with Gasteiger partial charge in [-0.1, -0.05) is 13.8 Å². The molecule has 4 heteroatoms. The molecule has 1 saturated heterocycles. The summed E-state index contributed by atoms with van der Waals surface area (Å²) >= 11 is 0. The molecule has 0 spiro atoms. The second kappa shape index (κ2) is 7.99. The highest BCUT2D eigenvalue weighted by Gasteiger charge is 2.32. The van der Waals surface area contributed by atoms with Gasteiger partial charge in [0.1, 0.15) is 5.54 Å². The third-order valence-electron chi connectivity index (χ3n) is 4.81. The third-order valence-corrected chi connectivity index (χ3v) is 4.81. The molecule has 4 nitrogen and oxygen atoms in total. The number of unbranched alkanes of at least 4 members (excludes halogenated alkanes) is 1. The summed E-state index contributed by atoms with van der Waals surface area (Å²) in [6, 6.07) is 1.43. The zero-order valence-electron chi connectivity index (χ0n) is 13.6. The molecular formula is C16H32N2O2. The van der Waals surface area contributed by atoms with E-state index in [-0.39, 0.29) is 0 Å². The zero-order valence-corrected chi connectivity index (χ0v) is 13.6. The van der Waals surface area contributed by atoms with Crippen LogP contribution in [0.15, 0.2) is 0 Å². The molecule has 1 aliphatic heterocycles. The first-order chi connectivity index (χ1) is 9.44. The number of rotatable bonds is 9. The molecule has 118 valence electrons. The molecule has 0 saturated carbocycles. The summed E-state index contributed by atoms with van der Waals surface area (Å²) in [6.07, 6.45) is 6.62. The Labute approximate surface area is 123 Å². The van der Waals surface area contributed by atoms with Crippen LogP contribution in [0.25, 0.3) is 0 Å². The smallest absolute Gasteiger partial charge is 0.323 e. The fraction of sp³-hybridized carbons (Fsp3) is 0.938. The molecule has 0 aromatic heterocycles. The summed E-state index contributed by atoms with van der Waals surface area (Å²) in [7, 11) is 0. The van der Waals surface area contributed by atoms with Gasteiger partial charge in [0.25, 0.3) is 0 Å². The highest BCUT2D eigenvalue weighted by Crippen LogP contribution is 2.26. The highest BCUT2D eigenvalue weighted by atomic mass is 16.4. The minimum atomic E-state index is -0.768. The van der Waals surface area contributed by atoms with Gasteiger partial charge in [0.15, 0.2) is 0 Å². The summed E-state index contributed by atoms with van der Waals surface area (Å²) in [6.45, 7) is 10.1. The largest absolute Gasteiger partial charge is 0.480 e. The molecule has 3 atom stereocenters. The number of hydrogen-bond acceptors (Lipinski definition) is 3. The molecule has 1 fully saturated rings. The van der Waals surface area contributed by atoms with Crippen molar-refractivity contribution in [1.29, 1.82) is 0 Å². The summed E-state index contributed by atoms with van der Waals surface area (Å²) < 4.78 is 0. The minimum Gasteiger partial charge on any atom is -0.480 e. The molecule has 2 N–H and O–H groups in total. The van der Waals surface area contributed by atoms with Crippen molar-refractivity contribution in [2.24, 2.45) is 0 Å². The third kappa shape index (κ3) is 4.45. The Morgan fingerprint density at radius 2 is 2.05 bits per heavy atom. The number of aliphatic carboxylic acids is 1. The van der Waals surface area contributed by atoms with Gasteiger partial charge in [-0.2, -0.15) is 0 Å². The predicted octanol–water partition coefficient (Wildman–Crippen LogP) is 2.87. The van der Waals surface area contributed by atoms with Crippen molar-refractivity contribution in [2.75, 3.05) is 13.1 Å². The number of nitrogens with zero attached hydrogens (tertiary/aromatic N) is 1. The van der Waals surface area contributed by atoms with Crippen LogP contribution in [-0.2, 0) is 4.79 Å². The monoisotopic (exact) mass is 284 g/mol. The molecule has 20 heavy (non-hydrogen) atoms. The van der Waals surface area contributed by atoms with Crippen molar-refractivity contribution in [3.63, 3.8) is 0 Å². The Bertz CT molecular complexity index is 309. The van der Waals surface area contributed by atoms with Gasteiger partial charge in [-0.05, 0) is 65.5 Å². The molecule has 0 radical (unpaired) electrons. The number of hydrogen-bond donors (Lipinski definition) is 2. The Kier molecular flexibility index (Phi) is 6.96. The Balaban J connectivity index is 2.35. The van der Waals surface area contributed by atoms with Crippen LogP contribution in [0.1, 0.15) is 66.2 Å². The van der Waals surface area contributed by atoms with Crippen molar-refractivity contribution in [3.05, 3.63) is 0 Å². The molecule has 1 heterocycles. The van der Waals surface area contributed by atoms with Crippen molar-refractivity contribution in [1.82, 2.24) is 10.2 Å². The Hall–Kier alpha value is -0.610. The molecule has 0 aliphatic carbocycles. The molecule has 1 aliphatic rings. The summed E-state index contributed by atoms with van der Waals surface area (Å²) in [4.78, 5) is 14.0. The van der Waals surface area contributed by atoms with Crippen molar-refractivity contribution in [3.8, 4) is 0 Å². The molecule has 0 aromatic rings. The van der Waals surface area contributed by atoms with Gasteiger partial charge in [-0.25, -0.2) is 0 Å². The first-order valence-electron chi connectivity index (χ1n) is 8.18. The van der Waals surface area contributed by atoms with E-state index in [9.17, 15) is 9.90 Å². The number of carboxylic acid groups (broad SMARTS) is 1. The fourth-order valence-corrected chi connectivity index (χ4v) is 3.40. The number of carbonyl (C=O) groups is 1. The zero-order chi connectivity index (χ0) is 15.2. The average molecular weight is 284 g/mol. The number of likely N-dealkylation sites (tertiary alicyclic amines) is 1. The van der Waals surface area contributed by atoms with Crippen molar-refractivity contribution < 1.29 is 9.90 Å².